The lowest BCUT2D eigenvalue weighted by Crippen LogP contribution is -2.49. The molecule has 112 valence electrons. The van der Waals surface area contributed by atoms with Crippen LogP contribution in [0.5, 0.6) is 0 Å². The Bertz CT molecular complexity index is 413. The van der Waals surface area contributed by atoms with Crippen LogP contribution in [0.4, 0.5) is 0 Å². The molecule has 0 saturated carbocycles. The van der Waals surface area contributed by atoms with Crippen molar-refractivity contribution in [2.24, 2.45) is 5.92 Å². The quantitative estimate of drug-likeness (QED) is 0.767. The first-order valence-corrected chi connectivity index (χ1v) is 7.14. The molecule has 0 fully saturated rings. The minimum atomic E-state index is -0.505. The van der Waals surface area contributed by atoms with E-state index < -0.39 is 6.04 Å². The van der Waals surface area contributed by atoms with Crippen molar-refractivity contribution in [1.82, 2.24) is 10.6 Å². The van der Waals surface area contributed by atoms with E-state index in [1.807, 2.05) is 20.8 Å². The molecule has 0 aromatic carbocycles. The van der Waals surface area contributed by atoms with E-state index in [9.17, 15) is 9.59 Å². The van der Waals surface area contributed by atoms with Crippen LogP contribution in [-0.2, 0) is 16.1 Å². The fraction of sp³-hybridized carbons (Fsp3) is 0.600. The maximum absolute atomic E-state index is 12.1. The van der Waals surface area contributed by atoms with Crippen molar-refractivity contribution in [3.8, 4) is 0 Å². The second-order valence-electron chi connectivity index (χ2n) is 5.19. The highest BCUT2D eigenvalue weighted by molar-refractivity contribution is 5.87. The second kappa shape index (κ2) is 8.40. The van der Waals surface area contributed by atoms with Gasteiger partial charge in [0.1, 0.15) is 11.8 Å². The van der Waals surface area contributed by atoms with Crippen molar-refractivity contribution in [3.05, 3.63) is 24.2 Å². The normalized spacial score (nSPS) is 12.2. The molecule has 5 heteroatoms. The van der Waals surface area contributed by atoms with Gasteiger partial charge < -0.3 is 15.1 Å². The molecule has 0 unspecified atom stereocenters. The van der Waals surface area contributed by atoms with E-state index >= 15 is 0 Å². The number of rotatable bonds is 8. The molecule has 2 N–H and O–H groups in total. The molecule has 2 amide bonds. The Balaban J connectivity index is 2.47. The fourth-order valence-electron chi connectivity index (χ4n) is 1.82. The summed E-state index contributed by atoms with van der Waals surface area (Å²) in [5.41, 5.74) is 0. The molecule has 0 aliphatic heterocycles. The number of nitrogens with one attached hydrogen (secondary N) is 2. The molecule has 0 radical (unpaired) electrons. The fourth-order valence-corrected chi connectivity index (χ4v) is 1.82. The smallest absolute Gasteiger partial charge is 0.243 e. The minimum absolute atomic E-state index is 0.0391. The van der Waals surface area contributed by atoms with Crippen molar-refractivity contribution in [2.45, 2.75) is 52.6 Å². The molecule has 1 rings (SSSR count). The van der Waals surface area contributed by atoms with Gasteiger partial charge in [-0.25, -0.2) is 0 Å². The Kier molecular flexibility index (Phi) is 6.84. The number of hydrogen-bond donors (Lipinski definition) is 2. The largest absolute Gasteiger partial charge is 0.467 e. The lowest BCUT2D eigenvalue weighted by Gasteiger charge is -2.21. The molecular weight excluding hydrogens is 256 g/mol. The highest BCUT2D eigenvalue weighted by atomic mass is 16.3. The highest BCUT2D eigenvalue weighted by Gasteiger charge is 2.23. The summed E-state index contributed by atoms with van der Waals surface area (Å²) in [5, 5.41) is 5.58. The lowest BCUT2D eigenvalue weighted by molar-refractivity contribution is -0.130. The van der Waals surface area contributed by atoms with Gasteiger partial charge in [-0.1, -0.05) is 27.2 Å². The van der Waals surface area contributed by atoms with Gasteiger partial charge >= 0.3 is 0 Å². The Morgan fingerprint density at radius 1 is 1.35 bits per heavy atom. The number of amides is 2. The zero-order valence-electron chi connectivity index (χ0n) is 12.4. The maximum atomic E-state index is 12.1. The van der Waals surface area contributed by atoms with Crippen molar-refractivity contribution in [1.29, 1.82) is 0 Å². The summed E-state index contributed by atoms with van der Waals surface area (Å²) < 4.78 is 5.16. The zero-order chi connectivity index (χ0) is 15.0. The summed E-state index contributed by atoms with van der Waals surface area (Å²) in [4.78, 5) is 23.9. The number of unbranched alkanes of at least 4 members (excludes halogenated alkanes) is 1. The average Bonchev–Trinajstić information content (AvgIpc) is 2.92. The number of carbonyl (C=O) groups excluding carboxylic acids is 2. The van der Waals surface area contributed by atoms with Gasteiger partial charge in [0, 0.05) is 6.42 Å². The average molecular weight is 280 g/mol. The Morgan fingerprint density at radius 3 is 2.65 bits per heavy atom. The third-order valence-electron chi connectivity index (χ3n) is 3.04. The molecule has 5 nitrogen and oxygen atoms in total. The van der Waals surface area contributed by atoms with Crippen LogP contribution in [0.3, 0.4) is 0 Å². The second-order valence-corrected chi connectivity index (χ2v) is 5.19. The Labute approximate surface area is 120 Å². The van der Waals surface area contributed by atoms with Gasteiger partial charge in [-0.2, -0.15) is 0 Å². The van der Waals surface area contributed by atoms with E-state index in [2.05, 4.69) is 10.6 Å². The molecule has 0 spiro atoms. The summed E-state index contributed by atoms with van der Waals surface area (Å²) in [6.07, 6.45) is 3.83. The van der Waals surface area contributed by atoms with Crippen LogP contribution in [-0.4, -0.2) is 17.9 Å². The number of hydrogen-bond acceptors (Lipinski definition) is 3. The third kappa shape index (κ3) is 5.47. The van der Waals surface area contributed by atoms with E-state index in [0.29, 0.717) is 18.7 Å². The van der Waals surface area contributed by atoms with Crippen LogP contribution >= 0.6 is 0 Å². The molecule has 1 heterocycles. The van der Waals surface area contributed by atoms with Crippen molar-refractivity contribution < 1.29 is 14.0 Å². The van der Waals surface area contributed by atoms with Gasteiger partial charge in [0.05, 0.1) is 12.8 Å². The predicted octanol–water partition coefficient (Wildman–Crippen LogP) is 2.23. The summed E-state index contributed by atoms with van der Waals surface area (Å²) >= 11 is 0. The minimum Gasteiger partial charge on any atom is -0.467 e. The van der Waals surface area contributed by atoms with Crippen LogP contribution in [0.1, 0.15) is 45.8 Å². The van der Waals surface area contributed by atoms with E-state index in [0.717, 1.165) is 12.8 Å². The van der Waals surface area contributed by atoms with Gasteiger partial charge in [0.2, 0.25) is 11.8 Å². The van der Waals surface area contributed by atoms with E-state index in [4.69, 9.17) is 4.42 Å². The van der Waals surface area contributed by atoms with E-state index in [1.54, 1.807) is 18.4 Å². The molecule has 20 heavy (non-hydrogen) atoms. The van der Waals surface area contributed by atoms with Crippen molar-refractivity contribution >= 4 is 11.8 Å². The van der Waals surface area contributed by atoms with Crippen LogP contribution < -0.4 is 10.6 Å². The van der Waals surface area contributed by atoms with Crippen LogP contribution in [0.25, 0.3) is 0 Å². The highest BCUT2D eigenvalue weighted by Crippen LogP contribution is 2.05. The molecule has 0 aliphatic rings. The zero-order valence-corrected chi connectivity index (χ0v) is 12.4. The first-order chi connectivity index (χ1) is 9.54. The lowest BCUT2D eigenvalue weighted by atomic mass is 10.0. The molecule has 0 saturated heterocycles. The summed E-state index contributed by atoms with van der Waals surface area (Å²) in [6, 6.07) is 3.06. The third-order valence-corrected chi connectivity index (χ3v) is 3.04. The topological polar surface area (TPSA) is 71.3 Å². The molecule has 1 aromatic rings. The van der Waals surface area contributed by atoms with E-state index in [1.165, 1.54) is 0 Å². The van der Waals surface area contributed by atoms with Gasteiger partial charge in [-0.15, -0.1) is 0 Å². The van der Waals surface area contributed by atoms with Crippen LogP contribution in [0.2, 0.25) is 0 Å². The monoisotopic (exact) mass is 280 g/mol. The predicted molar refractivity (Wildman–Crippen MR) is 76.8 cm³/mol. The SMILES string of the molecule is CCCCC(=O)N[C@H](C(=O)NCc1ccco1)C(C)C. The van der Waals surface area contributed by atoms with Gasteiger partial charge in [-0.05, 0) is 24.5 Å². The van der Waals surface area contributed by atoms with Gasteiger partial charge in [-0.3, -0.25) is 9.59 Å². The molecule has 1 atom stereocenters. The standard InChI is InChI=1S/C15H24N2O3/c1-4-5-8-13(18)17-14(11(2)3)15(19)16-10-12-7-6-9-20-12/h6-7,9,11,14H,4-5,8,10H2,1-3H3,(H,16,19)(H,17,18)/t14-/m0/s1. The molecular formula is C15H24N2O3. The van der Waals surface area contributed by atoms with Crippen LogP contribution in [0.15, 0.2) is 22.8 Å². The summed E-state index contributed by atoms with van der Waals surface area (Å²) in [7, 11) is 0. The maximum Gasteiger partial charge on any atom is 0.243 e. The number of carbonyl (C=O) groups is 2. The number of furan rings is 1. The van der Waals surface area contributed by atoms with Crippen molar-refractivity contribution in [2.75, 3.05) is 0 Å². The van der Waals surface area contributed by atoms with Crippen molar-refractivity contribution in [3.63, 3.8) is 0 Å². The molecule has 0 bridgehead atoms. The first kappa shape index (κ1) is 16.3. The molecule has 1 aromatic heterocycles. The van der Waals surface area contributed by atoms with E-state index in [-0.39, 0.29) is 17.7 Å². The Morgan fingerprint density at radius 2 is 2.10 bits per heavy atom. The van der Waals surface area contributed by atoms with Gasteiger partial charge in [0.15, 0.2) is 0 Å². The summed E-state index contributed by atoms with van der Waals surface area (Å²) in [6.45, 7) is 6.19. The van der Waals surface area contributed by atoms with Crippen LogP contribution in [0, 0.1) is 5.92 Å². The van der Waals surface area contributed by atoms with Gasteiger partial charge in [0.25, 0.3) is 0 Å². The first-order valence-electron chi connectivity index (χ1n) is 7.14. The Hall–Kier alpha value is -1.78. The molecule has 0 aliphatic carbocycles. The summed E-state index contributed by atoms with van der Waals surface area (Å²) in [5.74, 6) is 0.482.